The van der Waals surface area contributed by atoms with Gasteiger partial charge in [0.05, 0.1) is 26.3 Å². The molecule has 6 nitrogen and oxygen atoms in total. The fourth-order valence-electron chi connectivity index (χ4n) is 2.39. The SMILES string of the molecule is [c]1ccc(N2CCCCC2=NN2CCOCC2)nn1. The highest BCUT2D eigenvalue weighted by Gasteiger charge is 2.21. The largest absolute Gasteiger partial charge is 0.378 e. The van der Waals surface area contributed by atoms with Crippen molar-refractivity contribution in [3.8, 4) is 0 Å². The fourth-order valence-corrected chi connectivity index (χ4v) is 2.39. The number of ether oxygens (including phenoxy) is 1. The van der Waals surface area contributed by atoms with E-state index in [0.717, 1.165) is 50.9 Å². The lowest BCUT2D eigenvalue weighted by atomic mass is 10.1. The molecular weight excluding hydrogens is 242 g/mol. The minimum atomic E-state index is 0.761. The molecule has 0 bridgehead atoms. The predicted octanol–water partition coefficient (Wildman–Crippen LogP) is 0.913. The van der Waals surface area contributed by atoms with Gasteiger partial charge in [-0.1, -0.05) is 0 Å². The van der Waals surface area contributed by atoms with Crippen molar-refractivity contribution in [3.05, 3.63) is 18.3 Å². The van der Waals surface area contributed by atoms with Crippen molar-refractivity contribution < 1.29 is 4.74 Å². The summed E-state index contributed by atoms with van der Waals surface area (Å²) in [5.41, 5.74) is 0. The van der Waals surface area contributed by atoms with Gasteiger partial charge in [0.2, 0.25) is 0 Å². The molecule has 2 aliphatic rings. The maximum absolute atomic E-state index is 5.35. The lowest BCUT2D eigenvalue weighted by molar-refractivity contribution is 0.0391. The Morgan fingerprint density at radius 2 is 2.11 bits per heavy atom. The molecule has 19 heavy (non-hydrogen) atoms. The average molecular weight is 260 g/mol. The smallest absolute Gasteiger partial charge is 0.156 e. The predicted molar refractivity (Wildman–Crippen MR) is 71.9 cm³/mol. The van der Waals surface area contributed by atoms with Crippen LogP contribution < -0.4 is 4.90 Å². The second-order valence-electron chi connectivity index (χ2n) is 4.71. The average Bonchev–Trinajstić information content (AvgIpc) is 2.50. The lowest BCUT2D eigenvalue weighted by Gasteiger charge is -2.32. The molecule has 0 spiro atoms. The van der Waals surface area contributed by atoms with Gasteiger partial charge in [-0.2, -0.15) is 5.10 Å². The number of nitrogens with zero attached hydrogens (tertiary/aromatic N) is 5. The van der Waals surface area contributed by atoms with Crippen molar-refractivity contribution in [3.63, 3.8) is 0 Å². The third-order valence-electron chi connectivity index (χ3n) is 3.38. The van der Waals surface area contributed by atoms with Gasteiger partial charge < -0.3 is 9.64 Å². The number of amidine groups is 1. The molecule has 0 N–H and O–H groups in total. The number of anilines is 1. The fraction of sp³-hybridized carbons (Fsp3) is 0.615. The van der Waals surface area contributed by atoms with Crippen LogP contribution in [0.15, 0.2) is 17.2 Å². The summed E-state index contributed by atoms with van der Waals surface area (Å²) in [5, 5.41) is 14.8. The Morgan fingerprint density at radius 1 is 1.21 bits per heavy atom. The third-order valence-corrected chi connectivity index (χ3v) is 3.38. The summed E-state index contributed by atoms with van der Waals surface area (Å²) in [4.78, 5) is 2.17. The Morgan fingerprint density at radius 3 is 2.89 bits per heavy atom. The van der Waals surface area contributed by atoms with Crippen LogP contribution in [0.5, 0.6) is 0 Å². The van der Waals surface area contributed by atoms with Crippen molar-refractivity contribution in [2.45, 2.75) is 19.3 Å². The second kappa shape index (κ2) is 5.97. The van der Waals surface area contributed by atoms with Crippen LogP contribution in [0.3, 0.4) is 0 Å². The van der Waals surface area contributed by atoms with Gasteiger partial charge in [-0.25, -0.2) is 0 Å². The van der Waals surface area contributed by atoms with E-state index >= 15 is 0 Å². The minimum Gasteiger partial charge on any atom is -0.378 e. The molecular formula is C13H18N5O. The molecule has 1 radical (unpaired) electrons. The highest BCUT2D eigenvalue weighted by atomic mass is 16.5. The molecule has 2 aliphatic heterocycles. The molecule has 3 heterocycles. The summed E-state index contributed by atoms with van der Waals surface area (Å²) in [6, 6.07) is 3.73. The molecule has 2 saturated heterocycles. The van der Waals surface area contributed by atoms with E-state index < -0.39 is 0 Å². The quantitative estimate of drug-likeness (QED) is 0.791. The van der Waals surface area contributed by atoms with Gasteiger partial charge in [-0.15, -0.1) is 10.2 Å². The van der Waals surface area contributed by atoms with Crippen LogP contribution in [-0.4, -0.2) is 53.9 Å². The van der Waals surface area contributed by atoms with Crippen molar-refractivity contribution in [2.75, 3.05) is 37.7 Å². The molecule has 2 fully saturated rings. The maximum atomic E-state index is 5.35. The summed E-state index contributed by atoms with van der Waals surface area (Å²) in [6.45, 7) is 4.22. The standard InChI is InChI=1S/C13H18N5O/c1-2-7-18(12-5-3-6-14-15-12)13(4-1)16-17-8-10-19-11-9-17/h3,5H,1-2,4,7-11H2. The van der Waals surface area contributed by atoms with Crippen LogP contribution in [0.4, 0.5) is 5.82 Å². The number of morpholine rings is 1. The van der Waals surface area contributed by atoms with Gasteiger partial charge >= 0.3 is 0 Å². The van der Waals surface area contributed by atoms with Gasteiger partial charge in [0.1, 0.15) is 12.0 Å². The molecule has 3 rings (SSSR count). The molecule has 101 valence electrons. The summed E-state index contributed by atoms with van der Waals surface area (Å²) in [7, 11) is 0. The van der Waals surface area contributed by atoms with Crippen LogP contribution in [0, 0.1) is 6.20 Å². The molecule has 0 unspecified atom stereocenters. The highest BCUT2D eigenvalue weighted by Crippen LogP contribution is 2.19. The zero-order chi connectivity index (χ0) is 12.9. The monoisotopic (exact) mass is 260 g/mol. The van der Waals surface area contributed by atoms with Gasteiger partial charge in [-0.3, -0.25) is 5.01 Å². The first-order chi connectivity index (χ1) is 9.43. The van der Waals surface area contributed by atoms with E-state index in [-0.39, 0.29) is 0 Å². The molecule has 0 atom stereocenters. The normalized spacial score (nSPS) is 22.8. The second-order valence-corrected chi connectivity index (χ2v) is 4.71. The van der Waals surface area contributed by atoms with E-state index in [4.69, 9.17) is 9.84 Å². The third kappa shape index (κ3) is 3.01. The van der Waals surface area contributed by atoms with E-state index in [1.807, 2.05) is 6.07 Å². The molecule has 0 saturated carbocycles. The number of hydrogen-bond acceptors (Lipinski definition) is 5. The summed E-state index contributed by atoms with van der Waals surface area (Å²) < 4.78 is 5.35. The Hall–Kier alpha value is -1.69. The van der Waals surface area contributed by atoms with Gasteiger partial charge in [0.15, 0.2) is 5.82 Å². The van der Waals surface area contributed by atoms with E-state index in [2.05, 4.69) is 26.3 Å². The van der Waals surface area contributed by atoms with Crippen LogP contribution in [0.2, 0.25) is 0 Å². The lowest BCUT2D eigenvalue weighted by Crippen LogP contribution is -2.40. The minimum absolute atomic E-state index is 0.761. The van der Waals surface area contributed by atoms with Crippen molar-refractivity contribution in [1.29, 1.82) is 0 Å². The molecule has 0 aromatic carbocycles. The number of aromatic nitrogens is 2. The summed E-state index contributed by atoms with van der Waals surface area (Å²) in [6.07, 6.45) is 6.07. The first-order valence-electron chi connectivity index (χ1n) is 6.81. The Bertz CT molecular complexity index is 430. The molecule has 6 heteroatoms. The van der Waals surface area contributed by atoms with Crippen molar-refractivity contribution >= 4 is 11.7 Å². The summed E-state index contributed by atoms with van der Waals surface area (Å²) >= 11 is 0. The Balaban J connectivity index is 1.78. The van der Waals surface area contributed by atoms with E-state index in [1.165, 1.54) is 12.8 Å². The Labute approximate surface area is 113 Å². The van der Waals surface area contributed by atoms with E-state index in [0.29, 0.717) is 0 Å². The Kier molecular flexibility index (Phi) is 3.88. The zero-order valence-corrected chi connectivity index (χ0v) is 11.0. The van der Waals surface area contributed by atoms with E-state index in [9.17, 15) is 0 Å². The van der Waals surface area contributed by atoms with Gasteiger partial charge in [-0.05, 0) is 25.0 Å². The number of hydrazone groups is 1. The maximum Gasteiger partial charge on any atom is 0.156 e. The summed E-state index contributed by atoms with van der Waals surface area (Å²) in [5.74, 6) is 1.96. The van der Waals surface area contributed by atoms with Crippen molar-refractivity contribution in [1.82, 2.24) is 15.2 Å². The zero-order valence-electron chi connectivity index (χ0n) is 11.0. The first-order valence-corrected chi connectivity index (χ1v) is 6.81. The first kappa shape index (κ1) is 12.3. The highest BCUT2D eigenvalue weighted by molar-refractivity contribution is 5.97. The number of piperidine rings is 1. The molecule has 1 aromatic heterocycles. The molecule has 0 amide bonds. The van der Waals surface area contributed by atoms with Crippen LogP contribution in [0.25, 0.3) is 0 Å². The number of hydrogen-bond donors (Lipinski definition) is 0. The van der Waals surface area contributed by atoms with Crippen LogP contribution >= 0.6 is 0 Å². The van der Waals surface area contributed by atoms with E-state index in [1.54, 1.807) is 6.07 Å². The molecule has 1 aromatic rings. The topological polar surface area (TPSA) is 53.9 Å². The van der Waals surface area contributed by atoms with Crippen LogP contribution in [-0.2, 0) is 4.74 Å². The van der Waals surface area contributed by atoms with Gasteiger partial charge in [0, 0.05) is 13.0 Å². The molecule has 0 aliphatic carbocycles. The van der Waals surface area contributed by atoms with Crippen molar-refractivity contribution in [2.24, 2.45) is 5.10 Å². The number of rotatable bonds is 2. The van der Waals surface area contributed by atoms with Crippen LogP contribution in [0.1, 0.15) is 19.3 Å². The van der Waals surface area contributed by atoms with Gasteiger partial charge in [0.25, 0.3) is 0 Å².